The third kappa shape index (κ3) is 1.95. The van der Waals surface area contributed by atoms with Gasteiger partial charge in [-0.1, -0.05) is 64.3 Å². The van der Waals surface area contributed by atoms with E-state index in [-0.39, 0.29) is 5.41 Å². The van der Waals surface area contributed by atoms with Gasteiger partial charge in [0.2, 0.25) is 0 Å². The molecule has 0 atom stereocenters. The van der Waals surface area contributed by atoms with Crippen LogP contribution >= 0.6 is 0 Å². The molecular weight excluding hydrogens is 168 g/mol. The molecule has 0 saturated heterocycles. The SMILES string of the molecule is C=Cc1cccc(C=C)c1C(C)(C)C. The summed E-state index contributed by atoms with van der Waals surface area (Å²) in [5, 5.41) is 0. The largest absolute Gasteiger partial charge is 0.0985 e. The highest BCUT2D eigenvalue weighted by molar-refractivity contribution is 5.64. The van der Waals surface area contributed by atoms with Crippen molar-refractivity contribution < 1.29 is 0 Å². The van der Waals surface area contributed by atoms with Gasteiger partial charge in [0.25, 0.3) is 0 Å². The molecule has 0 spiro atoms. The zero-order valence-electron chi connectivity index (χ0n) is 9.30. The van der Waals surface area contributed by atoms with Gasteiger partial charge in [-0.3, -0.25) is 0 Å². The lowest BCUT2D eigenvalue weighted by Crippen LogP contribution is -2.14. The molecule has 0 aliphatic rings. The summed E-state index contributed by atoms with van der Waals surface area (Å²) in [4.78, 5) is 0. The molecule has 0 fully saturated rings. The van der Waals surface area contributed by atoms with Crippen LogP contribution < -0.4 is 0 Å². The van der Waals surface area contributed by atoms with E-state index >= 15 is 0 Å². The van der Waals surface area contributed by atoms with E-state index in [2.05, 4.69) is 46.1 Å². The minimum atomic E-state index is 0.133. The lowest BCUT2D eigenvalue weighted by atomic mass is 9.80. The van der Waals surface area contributed by atoms with Gasteiger partial charge >= 0.3 is 0 Å². The van der Waals surface area contributed by atoms with Crippen molar-refractivity contribution in [2.75, 3.05) is 0 Å². The topological polar surface area (TPSA) is 0 Å². The highest BCUT2D eigenvalue weighted by Crippen LogP contribution is 2.30. The van der Waals surface area contributed by atoms with Gasteiger partial charge in [-0.15, -0.1) is 0 Å². The molecule has 1 aromatic rings. The van der Waals surface area contributed by atoms with Crippen LogP contribution in [0.15, 0.2) is 31.4 Å². The van der Waals surface area contributed by atoms with Crippen molar-refractivity contribution in [3.63, 3.8) is 0 Å². The summed E-state index contributed by atoms with van der Waals surface area (Å²) in [6, 6.07) is 6.24. The Hall–Kier alpha value is -1.30. The summed E-state index contributed by atoms with van der Waals surface area (Å²) >= 11 is 0. The first kappa shape index (κ1) is 10.8. The lowest BCUT2D eigenvalue weighted by molar-refractivity contribution is 0.588. The standard InChI is InChI=1S/C14H18/c1-6-11-9-8-10-12(7-2)13(11)14(3,4)5/h6-10H,1-2H2,3-5H3. The predicted molar refractivity (Wildman–Crippen MR) is 65.3 cm³/mol. The van der Waals surface area contributed by atoms with Gasteiger partial charge in [0.1, 0.15) is 0 Å². The van der Waals surface area contributed by atoms with Gasteiger partial charge in [0, 0.05) is 0 Å². The Morgan fingerprint density at radius 1 is 1.00 bits per heavy atom. The predicted octanol–water partition coefficient (Wildman–Crippen LogP) is 4.27. The number of hydrogen-bond donors (Lipinski definition) is 0. The Bertz CT molecular complexity index is 325. The van der Waals surface area contributed by atoms with Crippen LogP contribution in [0.2, 0.25) is 0 Å². The van der Waals surface area contributed by atoms with Gasteiger partial charge in [-0.05, 0) is 22.1 Å². The minimum absolute atomic E-state index is 0.133. The molecule has 1 rings (SSSR count). The summed E-state index contributed by atoms with van der Waals surface area (Å²) in [7, 11) is 0. The van der Waals surface area contributed by atoms with Crippen molar-refractivity contribution in [2.24, 2.45) is 0 Å². The smallest absolute Gasteiger partial charge is 0.0120 e. The molecular formula is C14H18. The zero-order chi connectivity index (χ0) is 10.8. The molecule has 0 N–H and O–H groups in total. The molecule has 0 nitrogen and oxygen atoms in total. The fraction of sp³-hybridized carbons (Fsp3) is 0.286. The van der Waals surface area contributed by atoms with Crippen LogP contribution in [0.5, 0.6) is 0 Å². The van der Waals surface area contributed by atoms with Crippen LogP contribution in [-0.2, 0) is 5.41 Å². The molecule has 0 heterocycles. The number of hydrogen-bond acceptors (Lipinski definition) is 0. The molecule has 14 heavy (non-hydrogen) atoms. The molecule has 0 radical (unpaired) electrons. The van der Waals surface area contributed by atoms with Crippen molar-refractivity contribution in [3.05, 3.63) is 48.0 Å². The Kier molecular flexibility index (Phi) is 2.95. The zero-order valence-corrected chi connectivity index (χ0v) is 9.30. The molecule has 0 heteroatoms. The highest BCUT2D eigenvalue weighted by atomic mass is 14.2. The number of rotatable bonds is 2. The van der Waals surface area contributed by atoms with E-state index in [1.807, 2.05) is 18.2 Å². The molecule has 0 bridgehead atoms. The Morgan fingerprint density at radius 2 is 1.43 bits per heavy atom. The van der Waals surface area contributed by atoms with Crippen LogP contribution in [0.1, 0.15) is 37.5 Å². The average Bonchev–Trinajstić information content (AvgIpc) is 2.15. The van der Waals surface area contributed by atoms with Crippen molar-refractivity contribution in [2.45, 2.75) is 26.2 Å². The minimum Gasteiger partial charge on any atom is -0.0985 e. The summed E-state index contributed by atoms with van der Waals surface area (Å²) in [5.41, 5.74) is 3.86. The van der Waals surface area contributed by atoms with Crippen molar-refractivity contribution in [1.82, 2.24) is 0 Å². The summed E-state index contributed by atoms with van der Waals surface area (Å²) < 4.78 is 0. The molecule has 0 amide bonds. The first-order valence-electron chi connectivity index (χ1n) is 4.89. The Balaban J connectivity index is 3.49. The van der Waals surface area contributed by atoms with E-state index in [4.69, 9.17) is 0 Å². The highest BCUT2D eigenvalue weighted by Gasteiger charge is 2.19. The Labute approximate surface area is 87.0 Å². The maximum absolute atomic E-state index is 3.85. The van der Waals surface area contributed by atoms with E-state index in [0.717, 1.165) is 0 Å². The van der Waals surface area contributed by atoms with Crippen molar-refractivity contribution in [3.8, 4) is 0 Å². The van der Waals surface area contributed by atoms with Crippen LogP contribution in [-0.4, -0.2) is 0 Å². The average molecular weight is 186 g/mol. The second kappa shape index (κ2) is 3.83. The third-order valence-electron chi connectivity index (χ3n) is 2.32. The summed E-state index contributed by atoms with van der Waals surface area (Å²) in [6.45, 7) is 14.3. The molecule has 74 valence electrons. The fourth-order valence-corrected chi connectivity index (χ4v) is 1.80. The second-order valence-electron chi connectivity index (χ2n) is 4.47. The van der Waals surface area contributed by atoms with E-state index in [1.165, 1.54) is 16.7 Å². The molecule has 1 aromatic carbocycles. The molecule has 0 unspecified atom stereocenters. The van der Waals surface area contributed by atoms with Gasteiger partial charge in [-0.2, -0.15) is 0 Å². The van der Waals surface area contributed by atoms with E-state index < -0.39 is 0 Å². The first-order valence-corrected chi connectivity index (χ1v) is 4.89. The van der Waals surface area contributed by atoms with Crippen LogP contribution in [0.3, 0.4) is 0 Å². The summed E-state index contributed by atoms with van der Waals surface area (Å²) in [6.07, 6.45) is 3.82. The van der Waals surface area contributed by atoms with Crippen molar-refractivity contribution in [1.29, 1.82) is 0 Å². The lowest BCUT2D eigenvalue weighted by Gasteiger charge is -2.24. The summed E-state index contributed by atoms with van der Waals surface area (Å²) in [5.74, 6) is 0. The van der Waals surface area contributed by atoms with E-state index in [0.29, 0.717) is 0 Å². The maximum Gasteiger partial charge on any atom is -0.0120 e. The quantitative estimate of drug-likeness (QED) is 0.647. The normalized spacial score (nSPS) is 11.1. The van der Waals surface area contributed by atoms with E-state index in [1.54, 1.807) is 0 Å². The maximum atomic E-state index is 3.85. The third-order valence-corrected chi connectivity index (χ3v) is 2.32. The monoisotopic (exact) mass is 186 g/mol. The molecule has 0 aromatic heterocycles. The molecule has 0 aliphatic carbocycles. The van der Waals surface area contributed by atoms with Gasteiger partial charge in [-0.25, -0.2) is 0 Å². The van der Waals surface area contributed by atoms with Crippen LogP contribution in [0.25, 0.3) is 12.2 Å². The van der Waals surface area contributed by atoms with Crippen LogP contribution in [0, 0.1) is 0 Å². The number of benzene rings is 1. The second-order valence-corrected chi connectivity index (χ2v) is 4.47. The van der Waals surface area contributed by atoms with Gasteiger partial charge < -0.3 is 0 Å². The molecule has 0 saturated carbocycles. The first-order chi connectivity index (χ1) is 6.50. The fourth-order valence-electron chi connectivity index (χ4n) is 1.80. The van der Waals surface area contributed by atoms with Crippen molar-refractivity contribution >= 4 is 12.2 Å². The Morgan fingerprint density at radius 3 is 1.71 bits per heavy atom. The molecule has 0 aliphatic heterocycles. The van der Waals surface area contributed by atoms with Gasteiger partial charge in [0.05, 0.1) is 0 Å². The van der Waals surface area contributed by atoms with Gasteiger partial charge in [0.15, 0.2) is 0 Å². The van der Waals surface area contributed by atoms with E-state index in [9.17, 15) is 0 Å². The van der Waals surface area contributed by atoms with Crippen LogP contribution in [0.4, 0.5) is 0 Å².